The van der Waals surface area contributed by atoms with Gasteiger partial charge in [0.1, 0.15) is 11.6 Å². The monoisotopic (exact) mass is 327 g/mol. The van der Waals surface area contributed by atoms with E-state index in [0.717, 1.165) is 25.7 Å². The smallest absolute Gasteiger partial charge is 0.224 e. The van der Waals surface area contributed by atoms with Crippen molar-refractivity contribution >= 4 is 23.2 Å². The SMILES string of the molecule is N#CC1(c2cc(Nc3ccccn3)nc(Cl)n2)CCCCCC1. The van der Waals surface area contributed by atoms with Crippen LogP contribution in [0.2, 0.25) is 5.28 Å². The van der Waals surface area contributed by atoms with Gasteiger partial charge >= 0.3 is 0 Å². The zero-order chi connectivity index (χ0) is 16.1. The number of nitriles is 1. The summed E-state index contributed by atoms with van der Waals surface area (Å²) in [7, 11) is 0. The highest BCUT2D eigenvalue weighted by Gasteiger charge is 2.35. The summed E-state index contributed by atoms with van der Waals surface area (Å²) in [5, 5.41) is 13.1. The van der Waals surface area contributed by atoms with Gasteiger partial charge in [0.25, 0.3) is 0 Å². The van der Waals surface area contributed by atoms with Crippen LogP contribution in [0.5, 0.6) is 0 Å². The molecule has 2 aromatic rings. The topological polar surface area (TPSA) is 74.5 Å². The van der Waals surface area contributed by atoms with E-state index in [-0.39, 0.29) is 5.28 Å². The maximum atomic E-state index is 9.81. The van der Waals surface area contributed by atoms with Crippen LogP contribution in [0, 0.1) is 11.3 Å². The highest BCUT2D eigenvalue weighted by Crippen LogP contribution is 2.38. The third-order valence-electron chi connectivity index (χ3n) is 4.28. The molecule has 2 heterocycles. The van der Waals surface area contributed by atoms with Crippen LogP contribution < -0.4 is 5.32 Å². The minimum Gasteiger partial charge on any atom is -0.325 e. The Morgan fingerprint density at radius 3 is 2.52 bits per heavy atom. The second-order valence-electron chi connectivity index (χ2n) is 5.86. The lowest BCUT2D eigenvalue weighted by Crippen LogP contribution is -2.25. The quantitative estimate of drug-likeness (QED) is 0.668. The van der Waals surface area contributed by atoms with E-state index in [0.29, 0.717) is 17.3 Å². The molecule has 3 rings (SSSR count). The Bertz CT molecular complexity index is 703. The molecule has 1 fully saturated rings. The first-order valence-corrected chi connectivity index (χ1v) is 8.24. The summed E-state index contributed by atoms with van der Waals surface area (Å²) in [6.45, 7) is 0. The maximum absolute atomic E-state index is 9.81. The van der Waals surface area contributed by atoms with Gasteiger partial charge in [-0.2, -0.15) is 5.26 Å². The molecule has 0 spiro atoms. The molecule has 0 radical (unpaired) electrons. The molecular weight excluding hydrogens is 310 g/mol. The molecule has 23 heavy (non-hydrogen) atoms. The zero-order valence-electron chi connectivity index (χ0n) is 12.8. The van der Waals surface area contributed by atoms with Crippen molar-refractivity contribution in [1.82, 2.24) is 15.0 Å². The molecule has 118 valence electrons. The van der Waals surface area contributed by atoms with Gasteiger partial charge in [-0.15, -0.1) is 0 Å². The number of aromatic nitrogens is 3. The lowest BCUT2D eigenvalue weighted by molar-refractivity contribution is 0.462. The van der Waals surface area contributed by atoms with Gasteiger partial charge in [-0.25, -0.2) is 15.0 Å². The molecule has 0 unspecified atom stereocenters. The van der Waals surface area contributed by atoms with E-state index in [9.17, 15) is 5.26 Å². The van der Waals surface area contributed by atoms with E-state index in [1.54, 1.807) is 6.20 Å². The largest absolute Gasteiger partial charge is 0.325 e. The van der Waals surface area contributed by atoms with Gasteiger partial charge in [-0.05, 0) is 36.6 Å². The Balaban J connectivity index is 1.94. The number of pyridine rings is 1. The Hall–Kier alpha value is -2.19. The van der Waals surface area contributed by atoms with Crippen LogP contribution in [0.3, 0.4) is 0 Å². The minimum absolute atomic E-state index is 0.153. The van der Waals surface area contributed by atoms with Crippen LogP contribution >= 0.6 is 11.6 Å². The zero-order valence-corrected chi connectivity index (χ0v) is 13.6. The molecule has 1 aliphatic carbocycles. The Kier molecular flexibility index (Phi) is 4.73. The molecule has 0 aromatic carbocycles. The van der Waals surface area contributed by atoms with Gasteiger partial charge in [0.15, 0.2) is 0 Å². The average Bonchev–Trinajstić information content (AvgIpc) is 2.82. The van der Waals surface area contributed by atoms with Gasteiger partial charge in [-0.1, -0.05) is 31.7 Å². The first-order chi connectivity index (χ1) is 11.2. The molecule has 5 nitrogen and oxygen atoms in total. The van der Waals surface area contributed by atoms with Gasteiger partial charge < -0.3 is 5.32 Å². The molecule has 2 aromatic heterocycles. The molecule has 1 aliphatic rings. The second kappa shape index (κ2) is 6.93. The predicted molar refractivity (Wildman–Crippen MR) is 89.6 cm³/mol. The highest BCUT2D eigenvalue weighted by atomic mass is 35.5. The van der Waals surface area contributed by atoms with Crippen LogP contribution in [-0.4, -0.2) is 15.0 Å². The van der Waals surface area contributed by atoms with Crippen molar-refractivity contribution in [2.75, 3.05) is 5.32 Å². The molecule has 0 atom stereocenters. The standard InChI is InChI=1S/C17H18ClN5/c18-16-21-13(17(12-19)8-4-1-2-5-9-17)11-15(23-16)22-14-7-3-6-10-20-14/h3,6-7,10-11H,1-2,4-5,8-9H2,(H,20,21,22,23). The van der Waals surface area contributed by atoms with Crippen LogP contribution in [0.15, 0.2) is 30.5 Å². The van der Waals surface area contributed by atoms with E-state index in [1.165, 1.54) is 12.8 Å². The molecule has 0 aliphatic heterocycles. The summed E-state index contributed by atoms with van der Waals surface area (Å²) in [4.78, 5) is 12.8. The lowest BCUT2D eigenvalue weighted by atomic mass is 9.78. The number of hydrogen-bond acceptors (Lipinski definition) is 5. The van der Waals surface area contributed by atoms with E-state index in [1.807, 2.05) is 24.3 Å². The van der Waals surface area contributed by atoms with Crippen LogP contribution in [0.25, 0.3) is 0 Å². The fourth-order valence-electron chi connectivity index (χ4n) is 3.05. The fourth-order valence-corrected chi connectivity index (χ4v) is 3.23. The molecule has 0 bridgehead atoms. The molecule has 6 heteroatoms. The third-order valence-corrected chi connectivity index (χ3v) is 4.45. The fraction of sp³-hybridized carbons (Fsp3) is 0.412. The van der Waals surface area contributed by atoms with E-state index in [4.69, 9.17) is 11.6 Å². The van der Waals surface area contributed by atoms with Crippen molar-refractivity contribution in [2.24, 2.45) is 0 Å². The number of anilines is 2. The lowest BCUT2D eigenvalue weighted by Gasteiger charge is -2.24. The van der Waals surface area contributed by atoms with Gasteiger partial charge in [0, 0.05) is 12.3 Å². The van der Waals surface area contributed by atoms with Crippen LogP contribution in [-0.2, 0) is 5.41 Å². The number of nitrogens with one attached hydrogen (secondary N) is 1. The summed E-state index contributed by atoms with van der Waals surface area (Å²) >= 11 is 6.10. The van der Waals surface area contributed by atoms with Crippen molar-refractivity contribution in [2.45, 2.75) is 43.9 Å². The number of rotatable bonds is 3. The van der Waals surface area contributed by atoms with E-state index in [2.05, 4.69) is 26.3 Å². The number of hydrogen-bond donors (Lipinski definition) is 1. The van der Waals surface area contributed by atoms with Gasteiger partial charge in [-0.3, -0.25) is 0 Å². The minimum atomic E-state index is -0.566. The maximum Gasteiger partial charge on any atom is 0.224 e. The van der Waals surface area contributed by atoms with E-state index >= 15 is 0 Å². The van der Waals surface area contributed by atoms with Crippen molar-refractivity contribution in [3.8, 4) is 6.07 Å². The average molecular weight is 328 g/mol. The summed E-state index contributed by atoms with van der Waals surface area (Å²) in [6, 6.07) is 9.91. The van der Waals surface area contributed by atoms with Crippen molar-refractivity contribution in [1.29, 1.82) is 5.26 Å². The van der Waals surface area contributed by atoms with Gasteiger partial charge in [0.2, 0.25) is 5.28 Å². The van der Waals surface area contributed by atoms with E-state index < -0.39 is 5.41 Å². The second-order valence-corrected chi connectivity index (χ2v) is 6.19. The van der Waals surface area contributed by atoms with Gasteiger partial charge in [0.05, 0.1) is 17.2 Å². The summed E-state index contributed by atoms with van der Waals surface area (Å²) < 4.78 is 0. The third kappa shape index (κ3) is 3.59. The number of halogens is 1. The Morgan fingerprint density at radius 2 is 1.87 bits per heavy atom. The molecule has 0 saturated heterocycles. The summed E-state index contributed by atoms with van der Waals surface area (Å²) in [5.41, 5.74) is 0.143. The van der Waals surface area contributed by atoms with Crippen LogP contribution in [0.4, 0.5) is 11.6 Å². The molecular formula is C17H18ClN5. The molecule has 0 amide bonds. The number of nitrogens with zero attached hydrogens (tertiary/aromatic N) is 4. The molecule has 1 N–H and O–H groups in total. The highest BCUT2D eigenvalue weighted by molar-refractivity contribution is 6.28. The Labute approximate surface area is 140 Å². The van der Waals surface area contributed by atoms with Crippen molar-refractivity contribution in [3.05, 3.63) is 41.4 Å². The first-order valence-electron chi connectivity index (χ1n) is 7.86. The first kappa shape index (κ1) is 15.7. The normalized spacial score (nSPS) is 17.0. The van der Waals surface area contributed by atoms with Crippen molar-refractivity contribution < 1.29 is 0 Å². The van der Waals surface area contributed by atoms with Crippen LogP contribution in [0.1, 0.15) is 44.2 Å². The predicted octanol–water partition coefficient (Wildman–Crippen LogP) is 4.38. The Morgan fingerprint density at radius 1 is 1.09 bits per heavy atom. The molecule has 1 saturated carbocycles. The summed E-state index contributed by atoms with van der Waals surface area (Å²) in [6.07, 6.45) is 7.76. The summed E-state index contributed by atoms with van der Waals surface area (Å²) in [5.74, 6) is 1.25. The van der Waals surface area contributed by atoms with Crippen molar-refractivity contribution in [3.63, 3.8) is 0 Å².